The van der Waals surface area contributed by atoms with Gasteiger partial charge in [0.05, 0.1) is 6.61 Å². The molecular weight excluding hydrogens is 488 g/mol. The summed E-state index contributed by atoms with van der Waals surface area (Å²) in [6.45, 7) is 3.18. The Morgan fingerprint density at radius 3 is 1.57 bits per heavy atom. The molecule has 0 fully saturated rings. The first-order valence-electron chi connectivity index (χ1n) is 15.1. The summed E-state index contributed by atoms with van der Waals surface area (Å²) in [6, 6.07) is 39.2. The highest BCUT2D eigenvalue weighted by atomic mass is 16.5. The van der Waals surface area contributed by atoms with Crippen molar-refractivity contribution in [3.8, 4) is 5.75 Å². The number of hydrogen-bond donors (Lipinski definition) is 1. The van der Waals surface area contributed by atoms with E-state index in [0.717, 1.165) is 37.0 Å². The lowest BCUT2D eigenvalue weighted by Crippen LogP contribution is -2.00. The van der Waals surface area contributed by atoms with Crippen molar-refractivity contribution in [1.29, 1.82) is 0 Å². The fourth-order valence-electron chi connectivity index (χ4n) is 5.19. The number of aliphatic hydroxyl groups is 1. The Hall–Kier alpha value is -3.62. The summed E-state index contributed by atoms with van der Waals surface area (Å²) in [5.41, 5.74) is 8.65. The van der Waals surface area contributed by atoms with Crippen LogP contribution in [-0.4, -0.2) is 18.3 Å². The molecule has 4 aromatic carbocycles. The molecule has 4 aromatic rings. The quantitative estimate of drug-likeness (QED) is 0.115. The summed E-state index contributed by atoms with van der Waals surface area (Å²) in [5, 5.41) is 9.00. The fourth-order valence-corrected chi connectivity index (χ4v) is 5.19. The number of rotatable bonds is 16. The van der Waals surface area contributed by atoms with Gasteiger partial charge in [-0.3, -0.25) is 0 Å². The minimum absolute atomic E-state index is 0.245. The number of unbranched alkanes of at least 4 members (excludes halogenated alkanes) is 6. The lowest BCUT2D eigenvalue weighted by atomic mass is 9.85. The third-order valence-electron chi connectivity index (χ3n) is 7.40. The molecule has 0 aliphatic heterocycles. The van der Waals surface area contributed by atoms with Crippen molar-refractivity contribution < 1.29 is 9.84 Å². The van der Waals surface area contributed by atoms with Gasteiger partial charge >= 0.3 is 0 Å². The van der Waals surface area contributed by atoms with Crippen LogP contribution in [0.3, 0.4) is 0 Å². The van der Waals surface area contributed by atoms with Crippen molar-refractivity contribution in [2.45, 2.75) is 64.7 Å². The number of ether oxygens (including phenoxy) is 1. The van der Waals surface area contributed by atoms with Crippen LogP contribution in [0, 0.1) is 0 Å². The minimum atomic E-state index is 0.245. The van der Waals surface area contributed by atoms with E-state index in [-0.39, 0.29) is 6.61 Å². The summed E-state index contributed by atoms with van der Waals surface area (Å²) < 4.78 is 5.99. The van der Waals surface area contributed by atoms with Crippen molar-refractivity contribution in [2.24, 2.45) is 0 Å². The second kappa shape index (κ2) is 16.5. The Kier molecular flexibility index (Phi) is 12.1. The zero-order chi connectivity index (χ0) is 27.8. The Morgan fingerprint density at radius 2 is 1.02 bits per heavy atom. The smallest absolute Gasteiger partial charge is 0.119 e. The van der Waals surface area contributed by atoms with Crippen molar-refractivity contribution in [3.05, 3.63) is 137 Å². The van der Waals surface area contributed by atoms with Gasteiger partial charge in [0.15, 0.2) is 0 Å². The molecule has 0 unspecified atom stereocenters. The third-order valence-corrected chi connectivity index (χ3v) is 7.40. The Morgan fingerprint density at radius 1 is 0.525 bits per heavy atom. The zero-order valence-electron chi connectivity index (χ0n) is 24.0. The molecule has 0 bridgehead atoms. The monoisotopic (exact) mass is 532 g/mol. The van der Waals surface area contributed by atoms with E-state index in [1.807, 2.05) is 0 Å². The second-order valence-electron chi connectivity index (χ2n) is 10.5. The number of hydrogen-bond acceptors (Lipinski definition) is 2. The predicted molar refractivity (Wildman–Crippen MR) is 170 cm³/mol. The minimum Gasteiger partial charge on any atom is -0.494 e. The van der Waals surface area contributed by atoms with Crippen molar-refractivity contribution in [3.63, 3.8) is 0 Å². The standard InChI is InChI=1S/C38H44O2/c1-2-3-4-5-9-16-31-21-23-34(24-22-31)37(32-17-10-6-11-18-32)38(33-19-12-7-13-20-33)35-25-27-36(28-26-35)40-30-15-8-14-29-39/h6-7,10-13,17-28,39H,2-5,8-9,14-16,29-30H2,1H3/b38-37+. The van der Waals surface area contributed by atoms with Gasteiger partial charge in [0.2, 0.25) is 0 Å². The Balaban J connectivity index is 1.69. The molecule has 0 aliphatic rings. The summed E-state index contributed by atoms with van der Waals surface area (Å²) in [7, 11) is 0. The van der Waals surface area contributed by atoms with Gasteiger partial charge in [0, 0.05) is 6.61 Å². The molecule has 0 saturated carbocycles. The highest BCUT2D eigenvalue weighted by molar-refractivity contribution is 6.04. The summed E-state index contributed by atoms with van der Waals surface area (Å²) in [4.78, 5) is 0. The van der Waals surface area contributed by atoms with Crippen molar-refractivity contribution in [1.82, 2.24) is 0 Å². The maximum absolute atomic E-state index is 9.00. The van der Waals surface area contributed by atoms with Crippen LogP contribution in [0.5, 0.6) is 5.75 Å². The molecular formula is C38H44O2. The molecule has 0 heterocycles. The molecule has 0 aliphatic carbocycles. The van der Waals surface area contributed by atoms with Gasteiger partial charge in [-0.05, 0) is 83.2 Å². The predicted octanol–water partition coefficient (Wildman–Crippen LogP) is 9.75. The van der Waals surface area contributed by atoms with Crippen LogP contribution >= 0.6 is 0 Å². The normalized spacial score (nSPS) is 11.8. The van der Waals surface area contributed by atoms with Gasteiger partial charge in [-0.25, -0.2) is 0 Å². The molecule has 0 radical (unpaired) electrons. The number of benzene rings is 4. The van der Waals surface area contributed by atoms with Crippen LogP contribution in [-0.2, 0) is 6.42 Å². The van der Waals surface area contributed by atoms with Gasteiger partial charge < -0.3 is 9.84 Å². The molecule has 1 N–H and O–H groups in total. The first-order chi connectivity index (χ1) is 19.8. The Labute approximate surface area is 241 Å². The van der Waals surface area contributed by atoms with E-state index in [1.54, 1.807) is 0 Å². The van der Waals surface area contributed by atoms with Gasteiger partial charge in [-0.1, -0.05) is 130 Å². The van der Waals surface area contributed by atoms with Crippen LogP contribution in [0.4, 0.5) is 0 Å². The van der Waals surface area contributed by atoms with Crippen LogP contribution in [0.2, 0.25) is 0 Å². The van der Waals surface area contributed by atoms with E-state index >= 15 is 0 Å². The maximum Gasteiger partial charge on any atom is 0.119 e. The molecule has 40 heavy (non-hydrogen) atoms. The summed E-state index contributed by atoms with van der Waals surface area (Å²) in [6.07, 6.45) is 10.4. The molecule has 0 aromatic heterocycles. The third kappa shape index (κ3) is 8.69. The topological polar surface area (TPSA) is 29.5 Å². The highest BCUT2D eigenvalue weighted by Crippen LogP contribution is 2.37. The van der Waals surface area contributed by atoms with Gasteiger partial charge in [0.1, 0.15) is 5.75 Å². The summed E-state index contributed by atoms with van der Waals surface area (Å²) in [5.74, 6) is 0.879. The molecule has 2 heteroatoms. The molecule has 2 nitrogen and oxygen atoms in total. The lowest BCUT2D eigenvalue weighted by Gasteiger charge is -2.19. The van der Waals surface area contributed by atoms with Crippen LogP contribution < -0.4 is 4.74 Å². The van der Waals surface area contributed by atoms with Crippen LogP contribution in [0.25, 0.3) is 11.1 Å². The molecule has 4 rings (SSSR count). The first-order valence-corrected chi connectivity index (χ1v) is 15.1. The molecule has 0 amide bonds. The second-order valence-corrected chi connectivity index (χ2v) is 10.5. The van der Waals surface area contributed by atoms with Crippen molar-refractivity contribution in [2.75, 3.05) is 13.2 Å². The molecule has 0 saturated heterocycles. The van der Waals surface area contributed by atoms with E-state index in [9.17, 15) is 0 Å². The SMILES string of the molecule is CCCCCCCc1ccc(/C(=C(\c2ccccc2)c2ccc(OCCCCCO)cc2)c2ccccc2)cc1. The largest absolute Gasteiger partial charge is 0.494 e. The average molecular weight is 533 g/mol. The van der Waals surface area contributed by atoms with E-state index < -0.39 is 0 Å². The average Bonchev–Trinajstić information content (AvgIpc) is 3.01. The van der Waals surface area contributed by atoms with Crippen LogP contribution in [0.15, 0.2) is 109 Å². The van der Waals surface area contributed by atoms with E-state index in [2.05, 4.69) is 116 Å². The maximum atomic E-state index is 9.00. The summed E-state index contributed by atoms with van der Waals surface area (Å²) >= 11 is 0. The van der Waals surface area contributed by atoms with Gasteiger partial charge in [-0.15, -0.1) is 0 Å². The van der Waals surface area contributed by atoms with E-state index in [1.165, 1.54) is 65.5 Å². The highest BCUT2D eigenvalue weighted by Gasteiger charge is 2.16. The van der Waals surface area contributed by atoms with Gasteiger partial charge in [-0.2, -0.15) is 0 Å². The van der Waals surface area contributed by atoms with E-state index in [0.29, 0.717) is 6.61 Å². The number of aliphatic hydroxyl groups excluding tert-OH is 1. The van der Waals surface area contributed by atoms with Crippen molar-refractivity contribution >= 4 is 11.1 Å². The van der Waals surface area contributed by atoms with Gasteiger partial charge in [0.25, 0.3) is 0 Å². The molecule has 0 spiro atoms. The number of aryl methyl sites for hydroxylation is 1. The lowest BCUT2D eigenvalue weighted by molar-refractivity contribution is 0.266. The fraction of sp³-hybridized carbons (Fsp3) is 0.316. The Bertz CT molecular complexity index is 1170. The zero-order valence-corrected chi connectivity index (χ0v) is 24.0. The first kappa shape index (κ1) is 29.4. The van der Waals surface area contributed by atoms with E-state index in [4.69, 9.17) is 9.84 Å². The van der Waals surface area contributed by atoms with Crippen LogP contribution in [0.1, 0.15) is 86.1 Å². The molecule has 0 atom stereocenters. The molecule has 208 valence electrons.